The Kier molecular flexibility index (Phi) is 5.59. The molecule has 2 aromatic rings. The smallest absolute Gasteiger partial charge is 0.355 e. The van der Waals surface area contributed by atoms with Crippen LogP contribution in [0.5, 0.6) is 0 Å². The normalized spacial score (nSPS) is 17.0. The van der Waals surface area contributed by atoms with Gasteiger partial charge in [-0.25, -0.2) is 9.59 Å². The number of urea groups is 1. The highest BCUT2D eigenvalue weighted by atomic mass is 16.5. The van der Waals surface area contributed by atoms with Crippen LogP contribution in [-0.2, 0) is 9.53 Å². The molecule has 0 saturated carbocycles. The predicted molar refractivity (Wildman–Crippen MR) is 105 cm³/mol. The summed E-state index contributed by atoms with van der Waals surface area (Å²) in [7, 11) is 3.10. The summed E-state index contributed by atoms with van der Waals surface area (Å²) in [5, 5.41) is 0. The molecular formula is C22H22N2O4. The number of carbonyl (C=O) groups excluding carboxylic acids is 3. The molecule has 6 nitrogen and oxygen atoms in total. The highest BCUT2D eigenvalue weighted by Gasteiger charge is 2.43. The number of amides is 2. The van der Waals surface area contributed by atoms with Gasteiger partial charge in [-0.2, -0.15) is 0 Å². The minimum absolute atomic E-state index is 0.0207. The van der Waals surface area contributed by atoms with Crippen LogP contribution in [0.1, 0.15) is 28.9 Å². The van der Waals surface area contributed by atoms with Crippen LogP contribution in [0.4, 0.5) is 4.79 Å². The van der Waals surface area contributed by atoms with Crippen molar-refractivity contribution in [2.24, 2.45) is 0 Å². The van der Waals surface area contributed by atoms with Gasteiger partial charge in [-0.1, -0.05) is 60.7 Å². The van der Waals surface area contributed by atoms with Gasteiger partial charge < -0.3 is 9.64 Å². The summed E-state index contributed by atoms with van der Waals surface area (Å²) < 4.78 is 5.17. The molecule has 0 unspecified atom stereocenters. The van der Waals surface area contributed by atoms with Gasteiger partial charge in [0, 0.05) is 19.7 Å². The number of ether oxygens (including phenoxy) is 1. The van der Waals surface area contributed by atoms with Crippen LogP contribution < -0.4 is 0 Å². The fourth-order valence-corrected chi connectivity index (χ4v) is 3.40. The highest BCUT2D eigenvalue weighted by Crippen LogP contribution is 2.37. The Morgan fingerprint density at radius 1 is 0.964 bits per heavy atom. The fourth-order valence-electron chi connectivity index (χ4n) is 3.40. The average Bonchev–Trinajstić information content (AvgIpc) is 2.72. The van der Waals surface area contributed by atoms with E-state index >= 15 is 0 Å². The topological polar surface area (TPSA) is 66.9 Å². The Balaban J connectivity index is 2.27. The Hall–Kier alpha value is -3.41. The van der Waals surface area contributed by atoms with Crippen molar-refractivity contribution in [2.75, 3.05) is 20.7 Å². The number of nitrogens with zero attached hydrogens (tertiary/aromatic N) is 2. The van der Waals surface area contributed by atoms with Crippen molar-refractivity contribution in [2.45, 2.75) is 13.0 Å². The van der Waals surface area contributed by atoms with Crippen molar-refractivity contribution in [1.82, 2.24) is 9.80 Å². The minimum atomic E-state index is -0.697. The number of ketones is 1. The molecule has 1 aliphatic heterocycles. The van der Waals surface area contributed by atoms with Gasteiger partial charge in [-0.05, 0) is 12.5 Å². The number of hydrogen-bond acceptors (Lipinski definition) is 4. The molecule has 0 saturated heterocycles. The predicted octanol–water partition coefficient (Wildman–Crippen LogP) is 3.43. The number of esters is 1. The van der Waals surface area contributed by atoms with Gasteiger partial charge in [0.05, 0.1) is 18.2 Å². The van der Waals surface area contributed by atoms with Crippen molar-refractivity contribution in [1.29, 1.82) is 0 Å². The van der Waals surface area contributed by atoms with Gasteiger partial charge in [0.25, 0.3) is 0 Å². The van der Waals surface area contributed by atoms with Gasteiger partial charge in [-0.15, -0.1) is 0 Å². The van der Waals surface area contributed by atoms with Crippen LogP contribution in [0.15, 0.2) is 71.9 Å². The monoisotopic (exact) mass is 378 g/mol. The lowest BCUT2D eigenvalue weighted by atomic mass is 9.88. The van der Waals surface area contributed by atoms with Crippen molar-refractivity contribution in [3.63, 3.8) is 0 Å². The molecule has 3 rings (SSSR count). The zero-order valence-electron chi connectivity index (χ0n) is 16.1. The lowest BCUT2D eigenvalue weighted by molar-refractivity contribution is -0.140. The SMILES string of the molecule is CCOC(=O)C1=C(C(=O)c2ccccc2)[C@H](c2ccccc2)N(C)C(=O)N1C. The highest BCUT2D eigenvalue weighted by molar-refractivity contribution is 6.15. The minimum Gasteiger partial charge on any atom is -0.461 e. The van der Waals surface area contributed by atoms with Gasteiger partial charge in [0.2, 0.25) is 0 Å². The number of hydrogen-bond donors (Lipinski definition) is 0. The van der Waals surface area contributed by atoms with E-state index in [1.807, 2.05) is 36.4 Å². The maximum absolute atomic E-state index is 13.5. The Labute approximate surface area is 164 Å². The van der Waals surface area contributed by atoms with Crippen molar-refractivity contribution >= 4 is 17.8 Å². The molecule has 0 aliphatic carbocycles. The summed E-state index contributed by atoms with van der Waals surface area (Å²) in [4.78, 5) is 41.7. The molecule has 0 fully saturated rings. The molecule has 28 heavy (non-hydrogen) atoms. The second-order valence-corrected chi connectivity index (χ2v) is 6.44. The molecule has 1 aliphatic rings. The van der Waals surface area contributed by atoms with Gasteiger partial charge in [0.15, 0.2) is 5.78 Å². The zero-order valence-corrected chi connectivity index (χ0v) is 16.1. The van der Waals surface area contributed by atoms with E-state index in [1.54, 1.807) is 38.2 Å². The molecule has 0 spiro atoms. The first-order valence-electron chi connectivity index (χ1n) is 9.03. The summed E-state index contributed by atoms with van der Waals surface area (Å²) in [6, 6.07) is 16.8. The van der Waals surface area contributed by atoms with Gasteiger partial charge >= 0.3 is 12.0 Å². The third-order valence-corrected chi connectivity index (χ3v) is 4.70. The van der Waals surface area contributed by atoms with Crippen LogP contribution in [0.2, 0.25) is 0 Å². The van der Waals surface area contributed by atoms with Crippen LogP contribution in [-0.4, -0.2) is 48.3 Å². The number of benzene rings is 2. The van der Waals surface area contributed by atoms with Crippen molar-refractivity contribution in [3.8, 4) is 0 Å². The van der Waals surface area contributed by atoms with Crippen molar-refractivity contribution in [3.05, 3.63) is 83.1 Å². The van der Waals surface area contributed by atoms with E-state index in [4.69, 9.17) is 4.74 Å². The first-order chi connectivity index (χ1) is 13.5. The summed E-state index contributed by atoms with van der Waals surface area (Å²) >= 11 is 0. The summed E-state index contributed by atoms with van der Waals surface area (Å²) in [6.45, 7) is 1.83. The zero-order chi connectivity index (χ0) is 20.3. The Bertz CT molecular complexity index is 922. The molecule has 144 valence electrons. The van der Waals surface area contributed by atoms with Crippen molar-refractivity contribution < 1.29 is 19.1 Å². The molecule has 0 radical (unpaired) electrons. The largest absolute Gasteiger partial charge is 0.461 e. The maximum Gasteiger partial charge on any atom is 0.355 e. The van der Waals surface area contributed by atoms with Crippen LogP contribution in [0.25, 0.3) is 0 Å². The van der Waals surface area contributed by atoms with E-state index in [0.717, 1.165) is 5.56 Å². The quantitative estimate of drug-likeness (QED) is 0.591. The van der Waals surface area contributed by atoms with Crippen LogP contribution in [0, 0.1) is 0 Å². The van der Waals surface area contributed by atoms with E-state index in [1.165, 1.54) is 16.8 Å². The first kappa shape index (κ1) is 19.4. The average molecular weight is 378 g/mol. The third-order valence-electron chi connectivity index (χ3n) is 4.70. The molecule has 6 heteroatoms. The summed E-state index contributed by atoms with van der Waals surface area (Å²) in [6.07, 6.45) is 0. The van der Waals surface area contributed by atoms with E-state index in [2.05, 4.69) is 0 Å². The molecule has 2 aromatic carbocycles. The van der Waals surface area contributed by atoms with E-state index in [9.17, 15) is 14.4 Å². The lowest BCUT2D eigenvalue weighted by Gasteiger charge is -2.39. The van der Waals surface area contributed by atoms with Crippen LogP contribution >= 0.6 is 0 Å². The number of rotatable bonds is 5. The Morgan fingerprint density at radius 3 is 2.11 bits per heavy atom. The summed E-state index contributed by atoms with van der Waals surface area (Å²) in [5.74, 6) is -1.00. The summed E-state index contributed by atoms with van der Waals surface area (Å²) in [5.41, 5.74) is 1.39. The van der Waals surface area contributed by atoms with E-state index < -0.39 is 12.0 Å². The number of carbonyl (C=O) groups is 3. The van der Waals surface area contributed by atoms with E-state index in [-0.39, 0.29) is 29.7 Å². The first-order valence-corrected chi connectivity index (χ1v) is 9.03. The molecule has 2 amide bonds. The van der Waals surface area contributed by atoms with E-state index in [0.29, 0.717) is 5.56 Å². The third kappa shape index (κ3) is 3.41. The molecule has 0 bridgehead atoms. The van der Waals surface area contributed by atoms with Gasteiger partial charge in [-0.3, -0.25) is 9.69 Å². The number of likely N-dealkylation sites (N-methyl/N-ethyl adjacent to an activating group) is 2. The van der Waals surface area contributed by atoms with Gasteiger partial charge in [0.1, 0.15) is 5.70 Å². The molecule has 1 atom stereocenters. The maximum atomic E-state index is 13.5. The standard InChI is InChI=1S/C22H22N2O4/c1-4-28-21(26)19-17(20(25)16-13-9-6-10-14-16)18(15-11-7-5-8-12-15)23(2)22(27)24(19)3/h5-14,18H,4H2,1-3H3/t18-/m0/s1. The molecule has 0 N–H and O–H groups in total. The molecular weight excluding hydrogens is 356 g/mol. The second-order valence-electron chi connectivity index (χ2n) is 6.44. The molecule has 0 aromatic heterocycles. The lowest BCUT2D eigenvalue weighted by Crippen LogP contribution is -2.49. The fraction of sp³-hybridized carbons (Fsp3) is 0.227. The van der Waals surface area contributed by atoms with Crippen LogP contribution in [0.3, 0.4) is 0 Å². The Morgan fingerprint density at radius 2 is 1.54 bits per heavy atom. The second kappa shape index (κ2) is 8.08. The number of Topliss-reactive ketones (excluding diaryl/α,β-unsaturated/α-hetero) is 1. The molecule has 1 heterocycles.